The lowest BCUT2D eigenvalue weighted by Crippen LogP contribution is -2.49. The van der Waals surface area contributed by atoms with Gasteiger partial charge in [0, 0.05) is 24.5 Å². The predicted molar refractivity (Wildman–Crippen MR) is 92.9 cm³/mol. The highest BCUT2D eigenvalue weighted by Crippen LogP contribution is 2.45. The van der Waals surface area contributed by atoms with Gasteiger partial charge in [-0.05, 0) is 51.4 Å². The first-order valence-electron chi connectivity index (χ1n) is 9.72. The van der Waals surface area contributed by atoms with Crippen LogP contribution in [-0.2, 0) is 0 Å². The van der Waals surface area contributed by atoms with E-state index in [1.54, 1.807) is 6.20 Å². The molecule has 2 atom stereocenters. The van der Waals surface area contributed by atoms with Crippen molar-refractivity contribution >= 4 is 5.91 Å². The third kappa shape index (κ3) is 3.19. The van der Waals surface area contributed by atoms with Crippen molar-refractivity contribution < 1.29 is 9.90 Å². The summed E-state index contributed by atoms with van der Waals surface area (Å²) in [4.78, 5) is 14.8. The first-order chi connectivity index (χ1) is 12.1. The zero-order valence-electron chi connectivity index (χ0n) is 14.8. The molecule has 0 aromatic carbocycles. The van der Waals surface area contributed by atoms with Crippen LogP contribution < -0.4 is 5.73 Å². The maximum absolute atomic E-state index is 12.9. The van der Waals surface area contributed by atoms with Crippen LogP contribution in [0.5, 0.6) is 0 Å². The molecule has 2 saturated carbocycles. The highest BCUT2D eigenvalue weighted by Gasteiger charge is 2.46. The van der Waals surface area contributed by atoms with Gasteiger partial charge in [-0.1, -0.05) is 11.6 Å². The van der Waals surface area contributed by atoms with Gasteiger partial charge in [-0.15, -0.1) is 5.10 Å². The Morgan fingerprint density at radius 1 is 1.20 bits per heavy atom. The Morgan fingerprint density at radius 3 is 2.68 bits per heavy atom. The highest BCUT2D eigenvalue weighted by molar-refractivity contribution is 5.92. The molecule has 3 N–H and O–H groups in total. The summed E-state index contributed by atoms with van der Waals surface area (Å²) in [6.45, 7) is 1.40. The number of piperidine rings is 1. The van der Waals surface area contributed by atoms with E-state index in [0.29, 0.717) is 24.3 Å². The number of amides is 1. The van der Waals surface area contributed by atoms with Crippen molar-refractivity contribution in [3.8, 4) is 0 Å². The monoisotopic (exact) mass is 347 g/mol. The van der Waals surface area contributed by atoms with Crippen molar-refractivity contribution in [1.82, 2.24) is 19.9 Å². The Morgan fingerprint density at radius 2 is 1.96 bits per heavy atom. The molecule has 0 radical (unpaired) electrons. The SMILES string of the molecule is NC1CCC(n2cc(C(=O)N3CCC[C@]4(CCC[C@H]4O)C3)nn2)CC1. The predicted octanol–water partition coefficient (Wildman–Crippen LogP) is 1.49. The molecule has 7 heteroatoms. The summed E-state index contributed by atoms with van der Waals surface area (Å²) >= 11 is 0. The van der Waals surface area contributed by atoms with Crippen LogP contribution in [0, 0.1) is 5.41 Å². The molecule has 1 aromatic heterocycles. The van der Waals surface area contributed by atoms with E-state index < -0.39 is 0 Å². The second-order valence-electron chi connectivity index (χ2n) is 8.25. The standard InChI is InChI=1S/C18H29N5O2/c19-13-4-6-14(7-5-13)23-11-15(20-21-23)17(25)22-10-2-9-18(12-22)8-1-3-16(18)24/h11,13-14,16,24H,1-10,12,19H2/t13?,14?,16-,18-/m1/s1. The van der Waals surface area contributed by atoms with E-state index in [0.717, 1.165) is 64.3 Å². The maximum atomic E-state index is 12.9. The van der Waals surface area contributed by atoms with E-state index in [1.165, 1.54) is 0 Å². The van der Waals surface area contributed by atoms with Gasteiger partial charge in [0.25, 0.3) is 5.91 Å². The number of carbonyl (C=O) groups is 1. The average molecular weight is 347 g/mol. The van der Waals surface area contributed by atoms with Crippen molar-refractivity contribution in [2.45, 2.75) is 76.0 Å². The minimum Gasteiger partial charge on any atom is -0.392 e. The van der Waals surface area contributed by atoms with E-state index in [-0.39, 0.29) is 17.4 Å². The Hall–Kier alpha value is -1.47. The van der Waals surface area contributed by atoms with Gasteiger partial charge in [0.2, 0.25) is 0 Å². The summed E-state index contributed by atoms with van der Waals surface area (Å²) < 4.78 is 1.85. The molecule has 25 heavy (non-hydrogen) atoms. The number of hydrogen-bond acceptors (Lipinski definition) is 5. The van der Waals surface area contributed by atoms with Crippen molar-refractivity contribution in [3.63, 3.8) is 0 Å². The number of aromatic nitrogens is 3. The number of carbonyl (C=O) groups excluding carboxylic acids is 1. The smallest absolute Gasteiger partial charge is 0.276 e. The van der Waals surface area contributed by atoms with E-state index in [9.17, 15) is 9.90 Å². The van der Waals surface area contributed by atoms with Crippen LogP contribution >= 0.6 is 0 Å². The van der Waals surface area contributed by atoms with Crippen LogP contribution in [0.2, 0.25) is 0 Å². The Bertz CT molecular complexity index is 625. The second-order valence-corrected chi connectivity index (χ2v) is 8.25. The fourth-order valence-electron chi connectivity index (χ4n) is 5.01. The zero-order valence-corrected chi connectivity index (χ0v) is 14.8. The minimum absolute atomic E-state index is 0.0445. The summed E-state index contributed by atoms with van der Waals surface area (Å²) in [5.41, 5.74) is 6.30. The summed E-state index contributed by atoms with van der Waals surface area (Å²) in [7, 11) is 0. The van der Waals surface area contributed by atoms with Crippen molar-refractivity contribution in [2.24, 2.45) is 11.1 Å². The van der Waals surface area contributed by atoms with Crippen LogP contribution in [0.4, 0.5) is 0 Å². The van der Waals surface area contributed by atoms with Crippen molar-refractivity contribution in [3.05, 3.63) is 11.9 Å². The van der Waals surface area contributed by atoms with Crippen LogP contribution in [0.3, 0.4) is 0 Å². The Kier molecular flexibility index (Phi) is 4.54. The molecule has 7 nitrogen and oxygen atoms in total. The molecule has 1 saturated heterocycles. The lowest BCUT2D eigenvalue weighted by Gasteiger charge is -2.42. The lowest BCUT2D eigenvalue weighted by molar-refractivity contribution is -0.00555. The molecule has 1 spiro atoms. The number of likely N-dealkylation sites (tertiary alicyclic amines) is 1. The van der Waals surface area contributed by atoms with Crippen LogP contribution in [0.25, 0.3) is 0 Å². The normalized spacial score (nSPS) is 36.1. The number of aliphatic hydroxyl groups is 1. The van der Waals surface area contributed by atoms with Crippen LogP contribution in [0.15, 0.2) is 6.20 Å². The number of nitrogens with two attached hydrogens (primary N) is 1. The third-order valence-electron chi connectivity index (χ3n) is 6.60. The van der Waals surface area contributed by atoms with E-state index in [4.69, 9.17) is 5.73 Å². The molecule has 0 unspecified atom stereocenters. The van der Waals surface area contributed by atoms with Crippen LogP contribution in [-0.4, -0.2) is 56.1 Å². The first-order valence-corrected chi connectivity index (χ1v) is 9.72. The summed E-state index contributed by atoms with van der Waals surface area (Å²) in [5, 5.41) is 18.8. The van der Waals surface area contributed by atoms with E-state index in [2.05, 4.69) is 10.3 Å². The fraction of sp³-hybridized carbons (Fsp3) is 0.833. The fourth-order valence-corrected chi connectivity index (χ4v) is 5.01. The van der Waals surface area contributed by atoms with Gasteiger partial charge in [0.1, 0.15) is 0 Å². The summed E-state index contributed by atoms with van der Waals surface area (Å²) in [6, 6.07) is 0.599. The molecule has 3 aliphatic rings. The molecule has 138 valence electrons. The number of nitrogens with zero attached hydrogens (tertiary/aromatic N) is 4. The lowest BCUT2D eigenvalue weighted by atomic mass is 9.76. The Balaban J connectivity index is 1.44. The summed E-state index contributed by atoms with van der Waals surface area (Å²) in [6.07, 6.45) is 10.4. The quantitative estimate of drug-likeness (QED) is 0.845. The van der Waals surface area contributed by atoms with Gasteiger partial charge in [0.15, 0.2) is 5.69 Å². The van der Waals surface area contributed by atoms with Crippen LogP contribution in [0.1, 0.15) is 74.3 Å². The number of aliphatic hydroxyl groups excluding tert-OH is 1. The summed E-state index contributed by atoms with van der Waals surface area (Å²) in [5.74, 6) is -0.0445. The zero-order chi connectivity index (χ0) is 17.4. The van der Waals surface area contributed by atoms with Gasteiger partial charge in [-0.25, -0.2) is 4.68 Å². The molecule has 4 rings (SSSR count). The molecular formula is C18H29N5O2. The highest BCUT2D eigenvalue weighted by atomic mass is 16.3. The topological polar surface area (TPSA) is 97.3 Å². The molecule has 3 fully saturated rings. The van der Waals surface area contributed by atoms with E-state index >= 15 is 0 Å². The van der Waals surface area contributed by atoms with Gasteiger partial charge < -0.3 is 15.7 Å². The maximum Gasteiger partial charge on any atom is 0.276 e. The second kappa shape index (κ2) is 6.68. The average Bonchev–Trinajstić information content (AvgIpc) is 3.24. The van der Waals surface area contributed by atoms with Gasteiger partial charge in [-0.2, -0.15) is 0 Å². The van der Waals surface area contributed by atoms with Crippen molar-refractivity contribution in [2.75, 3.05) is 13.1 Å². The molecule has 1 aromatic rings. The Labute approximate surface area is 148 Å². The minimum atomic E-state index is -0.273. The molecule has 2 aliphatic carbocycles. The van der Waals surface area contributed by atoms with Crippen molar-refractivity contribution in [1.29, 1.82) is 0 Å². The molecular weight excluding hydrogens is 318 g/mol. The van der Waals surface area contributed by atoms with Gasteiger partial charge >= 0.3 is 0 Å². The third-order valence-corrected chi connectivity index (χ3v) is 6.60. The number of rotatable bonds is 2. The van der Waals surface area contributed by atoms with E-state index in [1.807, 2.05) is 9.58 Å². The molecule has 2 heterocycles. The first kappa shape index (κ1) is 17.0. The molecule has 1 amide bonds. The number of hydrogen-bond donors (Lipinski definition) is 2. The molecule has 0 bridgehead atoms. The van der Waals surface area contributed by atoms with Gasteiger partial charge in [0.05, 0.1) is 18.3 Å². The van der Waals surface area contributed by atoms with Gasteiger partial charge in [-0.3, -0.25) is 4.79 Å². The largest absolute Gasteiger partial charge is 0.392 e. The molecule has 1 aliphatic heterocycles.